The maximum Gasteiger partial charge on any atom is 0.307 e. The smallest absolute Gasteiger partial charge is 0.307 e. The molecule has 160 valence electrons. The summed E-state index contributed by atoms with van der Waals surface area (Å²) in [5, 5.41) is 12.1. The van der Waals surface area contributed by atoms with Crippen LogP contribution in [0.4, 0.5) is 5.69 Å². The third kappa shape index (κ3) is 5.25. The molecule has 1 heterocycles. The maximum atomic E-state index is 12.2. The summed E-state index contributed by atoms with van der Waals surface area (Å²) < 4.78 is 6.70. The number of halogens is 2. The van der Waals surface area contributed by atoms with Gasteiger partial charge in [-0.05, 0) is 59.7 Å². The molecule has 0 aliphatic carbocycles. The van der Waals surface area contributed by atoms with Gasteiger partial charge in [0.2, 0.25) is 11.8 Å². The lowest BCUT2D eigenvalue weighted by Crippen LogP contribution is -2.07. The zero-order valence-corrected chi connectivity index (χ0v) is 18.9. The minimum absolute atomic E-state index is 0.0940. The second kappa shape index (κ2) is 9.38. The molecule has 4 rings (SSSR count). The number of aliphatic carboxylic acids is 1. The molecule has 0 bridgehead atoms. The standard InChI is InChI=1S/C24H16BrClN2O4/c25-16-3-1-2-14(10-16)5-9-22(29)27-17-6-7-18(19(26)13-17)24-28-20-11-15(12-23(30)31)4-8-21(20)32-24/h1-11,13H,12H2,(H,27,29)(H,30,31)/b9-5+. The Kier molecular flexibility index (Phi) is 6.39. The Morgan fingerprint density at radius 2 is 1.97 bits per heavy atom. The number of rotatable bonds is 6. The van der Waals surface area contributed by atoms with Crippen molar-refractivity contribution < 1.29 is 19.1 Å². The van der Waals surface area contributed by atoms with E-state index < -0.39 is 5.97 Å². The van der Waals surface area contributed by atoms with Crippen LogP contribution >= 0.6 is 27.5 Å². The van der Waals surface area contributed by atoms with Crippen molar-refractivity contribution in [3.8, 4) is 11.5 Å². The molecule has 0 atom stereocenters. The summed E-state index contributed by atoms with van der Waals surface area (Å²) in [4.78, 5) is 27.6. The van der Waals surface area contributed by atoms with E-state index in [1.54, 1.807) is 42.5 Å². The normalized spacial score (nSPS) is 11.2. The molecule has 1 aromatic heterocycles. The summed E-state index contributed by atoms with van der Waals surface area (Å²) in [6.07, 6.45) is 3.06. The molecule has 8 heteroatoms. The van der Waals surface area contributed by atoms with E-state index in [-0.39, 0.29) is 12.3 Å². The molecule has 0 spiro atoms. The Labute approximate surface area is 196 Å². The van der Waals surface area contributed by atoms with Gasteiger partial charge in [0.05, 0.1) is 17.0 Å². The van der Waals surface area contributed by atoms with Gasteiger partial charge >= 0.3 is 5.97 Å². The van der Waals surface area contributed by atoms with Crippen LogP contribution in [0, 0.1) is 0 Å². The number of carbonyl (C=O) groups excluding carboxylic acids is 1. The van der Waals surface area contributed by atoms with E-state index in [1.807, 2.05) is 24.3 Å². The molecular formula is C24H16BrClN2O4. The van der Waals surface area contributed by atoms with E-state index in [1.165, 1.54) is 6.08 Å². The van der Waals surface area contributed by atoms with Gasteiger partial charge in [0, 0.05) is 16.2 Å². The first-order valence-corrected chi connectivity index (χ1v) is 10.7. The number of hydrogen-bond acceptors (Lipinski definition) is 4. The molecule has 2 N–H and O–H groups in total. The molecule has 0 aliphatic rings. The van der Waals surface area contributed by atoms with Crippen molar-refractivity contribution in [2.75, 3.05) is 5.32 Å². The Bertz CT molecular complexity index is 1360. The van der Waals surface area contributed by atoms with E-state index in [2.05, 4.69) is 26.2 Å². The number of nitrogens with zero attached hydrogens (tertiary/aromatic N) is 1. The van der Waals surface area contributed by atoms with Crippen LogP contribution in [0.3, 0.4) is 0 Å². The number of anilines is 1. The summed E-state index contributed by atoms with van der Waals surface area (Å²) in [6, 6.07) is 17.7. The van der Waals surface area contributed by atoms with Crippen LogP contribution in [0.2, 0.25) is 5.02 Å². The number of carboxylic acid groups (broad SMARTS) is 1. The molecule has 0 unspecified atom stereocenters. The quantitative estimate of drug-likeness (QED) is 0.301. The number of fused-ring (bicyclic) bond motifs is 1. The Hall–Kier alpha value is -3.42. The number of aromatic nitrogens is 1. The van der Waals surface area contributed by atoms with Gasteiger partial charge in [-0.3, -0.25) is 9.59 Å². The lowest BCUT2D eigenvalue weighted by Gasteiger charge is -2.05. The molecule has 32 heavy (non-hydrogen) atoms. The van der Waals surface area contributed by atoms with Gasteiger partial charge in [0.25, 0.3) is 0 Å². The van der Waals surface area contributed by atoms with Gasteiger partial charge in [-0.25, -0.2) is 4.98 Å². The van der Waals surface area contributed by atoms with Gasteiger partial charge in [0.15, 0.2) is 5.58 Å². The highest BCUT2D eigenvalue weighted by Crippen LogP contribution is 2.32. The summed E-state index contributed by atoms with van der Waals surface area (Å²) in [7, 11) is 0. The summed E-state index contributed by atoms with van der Waals surface area (Å²) in [5.74, 6) is -0.897. The number of oxazole rings is 1. The van der Waals surface area contributed by atoms with Crippen molar-refractivity contribution in [1.82, 2.24) is 4.98 Å². The Morgan fingerprint density at radius 3 is 2.72 bits per heavy atom. The van der Waals surface area contributed by atoms with E-state index in [4.69, 9.17) is 21.1 Å². The van der Waals surface area contributed by atoms with Gasteiger partial charge in [-0.1, -0.05) is 45.7 Å². The minimum Gasteiger partial charge on any atom is -0.481 e. The monoisotopic (exact) mass is 510 g/mol. The van der Waals surface area contributed by atoms with E-state index in [9.17, 15) is 9.59 Å². The molecule has 4 aromatic rings. The fourth-order valence-electron chi connectivity index (χ4n) is 3.11. The lowest BCUT2D eigenvalue weighted by molar-refractivity contribution is -0.136. The number of amides is 1. The first kappa shape index (κ1) is 21.8. The molecule has 6 nitrogen and oxygen atoms in total. The summed E-state index contributed by atoms with van der Waals surface area (Å²) >= 11 is 9.81. The molecular weight excluding hydrogens is 496 g/mol. The van der Waals surface area contributed by atoms with Crippen molar-refractivity contribution in [3.05, 3.63) is 87.4 Å². The van der Waals surface area contributed by atoms with Gasteiger partial charge < -0.3 is 14.8 Å². The highest BCUT2D eigenvalue weighted by atomic mass is 79.9. The van der Waals surface area contributed by atoms with Gasteiger partial charge in [0.1, 0.15) is 5.52 Å². The topological polar surface area (TPSA) is 92.4 Å². The molecule has 0 fully saturated rings. The second-order valence-electron chi connectivity index (χ2n) is 6.96. The number of carbonyl (C=O) groups is 2. The van der Waals surface area contributed by atoms with Crippen LogP contribution in [0.1, 0.15) is 11.1 Å². The minimum atomic E-state index is -0.916. The van der Waals surface area contributed by atoms with E-state index >= 15 is 0 Å². The predicted molar refractivity (Wildman–Crippen MR) is 128 cm³/mol. The van der Waals surface area contributed by atoms with Crippen molar-refractivity contribution >= 4 is 62.3 Å². The van der Waals surface area contributed by atoms with Crippen LogP contribution in [-0.4, -0.2) is 22.0 Å². The molecule has 0 saturated heterocycles. The number of hydrogen-bond donors (Lipinski definition) is 2. The summed E-state index contributed by atoms with van der Waals surface area (Å²) in [5.41, 5.74) is 3.69. The maximum absolute atomic E-state index is 12.2. The zero-order chi connectivity index (χ0) is 22.7. The average molecular weight is 512 g/mol. The zero-order valence-electron chi connectivity index (χ0n) is 16.5. The van der Waals surface area contributed by atoms with Crippen molar-refractivity contribution in [3.63, 3.8) is 0 Å². The third-order valence-corrected chi connectivity index (χ3v) is 5.36. The number of carboxylic acids is 1. The lowest BCUT2D eigenvalue weighted by atomic mass is 10.1. The van der Waals surface area contributed by atoms with Crippen LogP contribution in [0.5, 0.6) is 0 Å². The fraction of sp³-hybridized carbons (Fsp3) is 0.0417. The fourth-order valence-corrected chi connectivity index (χ4v) is 3.78. The van der Waals surface area contributed by atoms with Crippen LogP contribution in [0.25, 0.3) is 28.6 Å². The van der Waals surface area contributed by atoms with Gasteiger partial charge in [-0.2, -0.15) is 0 Å². The summed E-state index contributed by atoms with van der Waals surface area (Å²) in [6.45, 7) is 0. The van der Waals surface area contributed by atoms with Crippen LogP contribution < -0.4 is 5.32 Å². The molecule has 3 aromatic carbocycles. The number of nitrogens with one attached hydrogen (secondary N) is 1. The Morgan fingerprint density at radius 1 is 1.12 bits per heavy atom. The predicted octanol–water partition coefficient (Wildman–Crippen LogP) is 6.19. The third-order valence-electron chi connectivity index (χ3n) is 4.55. The molecule has 0 saturated carbocycles. The average Bonchev–Trinajstić information content (AvgIpc) is 3.15. The SMILES string of the molecule is O=C(O)Cc1ccc2oc(-c3ccc(NC(=O)/C=C/c4cccc(Br)c4)cc3Cl)nc2c1. The van der Waals surface area contributed by atoms with E-state index in [0.717, 1.165) is 10.0 Å². The van der Waals surface area contributed by atoms with Crippen molar-refractivity contribution in [1.29, 1.82) is 0 Å². The van der Waals surface area contributed by atoms with Crippen molar-refractivity contribution in [2.24, 2.45) is 0 Å². The first-order valence-electron chi connectivity index (χ1n) is 9.53. The van der Waals surface area contributed by atoms with Crippen molar-refractivity contribution in [2.45, 2.75) is 6.42 Å². The Balaban J connectivity index is 1.50. The van der Waals surface area contributed by atoms with Crippen LogP contribution in [-0.2, 0) is 16.0 Å². The van der Waals surface area contributed by atoms with Gasteiger partial charge in [-0.15, -0.1) is 0 Å². The second-order valence-corrected chi connectivity index (χ2v) is 8.29. The van der Waals surface area contributed by atoms with E-state index in [0.29, 0.717) is 38.8 Å². The first-order chi connectivity index (χ1) is 15.4. The molecule has 0 aliphatic heterocycles. The molecule has 1 amide bonds. The van der Waals surface area contributed by atoms with Crippen LogP contribution in [0.15, 0.2) is 75.6 Å². The largest absolute Gasteiger partial charge is 0.481 e. The highest BCUT2D eigenvalue weighted by molar-refractivity contribution is 9.10. The highest BCUT2D eigenvalue weighted by Gasteiger charge is 2.14. The molecule has 0 radical (unpaired) electrons. The number of benzene rings is 3.